The first-order valence-electron chi connectivity index (χ1n) is 8.00. The Kier molecular flexibility index (Phi) is 4.41. The van der Waals surface area contributed by atoms with Crippen LogP contribution in [0.4, 0.5) is 5.69 Å². The third-order valence-electron chi connectivity index (χ3n) is 4.02. The number of thiazole rings is 1. The van der Waals surface area contributed by atoms with Crippen LogP contribution in [-0.2, 0) is 0 Å². The number of hydrogen-bond acceptors (Lipinski definition) is 4. The molecule has 4 nitrogen and oxygen atoms in total. The Labute approximate surface area is 159 Å². The average Bonchev–Trinajstić information content (AvgIpc) is 3.08. The van der Waals surface area contributed by atoms with E-state index in [9.17, 15) is 4.79 Å². The number of halogens is 1. The number of pyridine rings is 1. The van der Waals surface area contributed by atoms with Crippen LogP contribution in [-0.4, -0.2) is 15.9 Å². The highest BCUT2D eigenvalue weighted by atomic mass is 35.5. The second-order valence-corrected chi connectivity index (χ2v) is 7.26. The maximum absolute atomic E-state index is 12.5. The molecular formula is C20H14ClN3OS. The van der Waals surface area contributed by atoms with Crippen LogP contribution in [0, 0.1) is 6.92 Å². The SMILES string of the molecule is Cc1ccc(-c2nc3ccccc3s2)cc1NC(=O)c1ccc(Cl)nc1. The van der Waals surface area contributed by atoms with Gasteiger partial charge in [0.1, 0.15) is 10.2 Å². The highest BCUT2D eigenvalue weighted by Gasteiger charge is 2.11. The number of rotatable bonds is 3. The lowest BCUT2D eigenvalue weighted by Gasteiger charge is -2.10. The normalized spacial score (nSPS) is 10.8. The van der Waals surface area contributed by atoms with Crippen LogP contribution in [0.15, 0.2) is 60.8 Å². The zero-order valence-electron chi connectivity index (χ0n) is 13.9. The summed E-state index contributed by atoms with van der Waals surface area (Å²) in [5, 5.41) is 4.23. The molecule has 0 bridgehead atoms. The molecule has 0 radical (unpaired) electrons. The number of aromatic nitrogens is 2. The Hall–Kier alpha value is -2.76. The number of benzene rings is 2. The number of nitrogens with one attached hydrogen (secondary N) is 1. The molecule has 2 aromatic carbocycles. The first kappa shape index (κ1) is 16.7. The third kappa shape index (κ3) is 3.31. The molecule has 4 rings (SSSR count). The lowest BCUT2D eigenvalue weighted by molar-refractivity contribution is 0.102. The van der Waals surface area contributed by atoms with Crippen molar-refractivity contribution in [1.82, 2.24) is 9.97 Å². The van der Waals surface area contributed by atoms with Crippen LogP contribution in [0.25, 0.3) is 20.8 Å². The molecule has 0 aliphatic carbocycles. The van der Waals surface area contributed by atoms with E-state index < -0.39 is 0 Å². The topological polar surface area (TPSA) is 54.9 Å². The minimum absolute atomic E-state index is 0.223. The Morgan fingerprint density at radius 2 is 1.96 bits per heavy atom. The van der Waals surface area contributed by atoms with Gasteiger partial charge in [-0.3, -0.25) is 4.79 Å². The van der Waals surface area contributed by atoms with Gasteiger partial charge in [-0.1, -0.05) is 35.9 Å². The number of aryl methyl sites for hydroxylation is 1. The number of carbonyl (C=O) groups is 1. The summed E-state index contributed by atoms with van der Waals surface area (Å²) in [6.45, 7) is 1.96. The van der Waals surface area contributed by atoms with Crippen molar-refractivity contribution in [3.05, 3.63) is 77.1 Å². The number of amides is 1. The first-order chi connectivity index (χ1) is 12.6. The van der Waals surface area contributed by atoms with E-state index in [4.69, 9.17) is 11.6 Å². The second-order valence-electron chi connectivity index (χ2n) is 5.84. The quantitative estimate of drug-likeness (QED) is 0.473. The zero-order valence-corrected chi connectivity index (χ0v) is 15.4. The maximum Gasteiger partial charge on any atom is 0.257 e. The molecule has 26 heavy (non-hydrogen) atoms. The number of fused-ring (bicyclic) bond motifs is 1. The van der Waals surface area contributed by atoms with Gasteiger partial charge in [0.2, 0.25) is 0 Å². The molecule has 0 aliphatic rings. The van der Waals surface area contributed by atoms with E-state index in [1.54, 1.807) is 23.5 Å². The van der Waals surface area contributed by atoms with Crippen molar-refractivity contribution in [2.24, 2.45) is 0 Å². The fourth-order valence-electron chi connectivity index (χ4n) is 2.59. The monoisotopic (exact) mass is 379 g/mol. The van der Waals surface area contributed by atoms with Gasteiger partial charge < -0.3 is 5.32 Å². The molecule has 0 spiro atoms. The molecule has 0 saturated carbocycles. The van der Waals surface area contributed by atoms with Crippen molar-refractivity contribution in [2.75, 3.05) is 5.32 Å². The van der Waals surface area contributed by atoms with Crippen molar-refractivity contribution < 1.29 is 4.79 Å². The number of para-hydroxylation sites is 1. The molecule has 2 heterocycles. The lowest BCUT2D eigenvalue weighted by Crippen LogP contribution is -2.13. The molecule has 6 heteroatoms. The average molecular weight is 380 g/mol. The highest BCUT2D eigenvalue weighted by Crippen LogP contribution is 2.32. The van der Waals surface area contributed by atoms with Crippen LogP contribution in [0.3, 0.4) is 0 Å². The van der Waals surface area contributed by atoms with Crippen LogP contribution >= 0.6 is 22.9 Å². The lowest BCUT2D eigenvalue weighted by atomic mass is 10.1. The van der Waals surface area contributed by atoms with Gasteiger partial charge in [0.25, 0.3) is 5.91 Å². The number of anilines is 1. The minimum Gasteiger partial charge on any atom is -0.322 e. The molecule has 0 saturated heterocycles. The summed E-state index contributed by atoms with van der Waals surface area (Å²) < 4.78 is 1.14. The summed E-state index contributed by atoms with van der Waals surface area (Å²) in [5.74, 6) is -0.223. The van der Waals surface area contributed by atoms with Crippen LogP contribution < -0.4 is 5.32 Å². The smallest absolute Gasteiger partial charge is 0.257 e. The first-order valence-corrected chi connectivity index (χ1v) is 9.19. The molecule has 0 atom stereocenters. The molecule has 0 unspecified atom stereocenters. The van der Waals surface area contributed by atoms with Gasteiger partial charge in [0.05, 0.1) is 15.8 Å². The van der Waals surface area contributed by atoms with E-state index >= 15 is 0 Å². The Balaban J connectivity index is 1.65. The van der Waals surface area contributed by atoms with E-state index in [0.717, 1.165) is 32.0 Å². The molecule has 1 N–H and O–H groups in total. The van der Waals surface area contributed by atoms with Gasteiger partial charge in [-0.25, -0.2) is 9.97 Å². The van der Waals surface area contributed by atoms with Crippen molar-refractivity contribution in [3.8, 4) is 10.6 Å². The predicted molar refractivity (Wildman–Crippen MR) is 107 cm³/mol. The molecule has 4 aromatic rings. The molecule has 2 aromatic heterocycles. The Morgan fingerprint density at radius 3 is 2.73 bits per heavy atom. The van der Waals surface area contributed by atoms with E-state index in [0.29, 0.717) is 10.7 Å². The van der Waals surface area contributed by atoms with Gasteiger partial charge >= 0.3 is 0 Å². The van der Waals surface area contributed by atoms with Gasteiger partial charge in [-0.05, 0) is 42.8 Å². The molecule has 0 fully saturated rings. The Morgan fingerprint density at radius 1 is 1.12 bits per heavy atom. The van der Waals surface area contributed by atoms with Crippen molar-refractivity contribution in [3.63, 3.8) is 0 Å². The summed E-state index contributed by atoms with van der Waals surface area (Å²) in [5.41, 5.74) is 4.14. The molecular weight excluding hydrogens is 366 g/mol. The summed E-state index contributed by atoms with van der Waals surface area (Å²) in [6, 6.07) is 17.2. The zero-order chi connectivity index (χ0) is 18.1. The molecule has 0 aliphatic heterocycles. The second kappa shape index (κ2) is 6.86. The van der Waals surface area contributed by atoms with Crippen LogP contribution in [0.5, 0.6) is 0 Å². The fraction of sp³-hybridized carbons (Fsp3) is 0.0500. The summed E-state index contributed by atoms with van der Waals surface area (Å²) >= 11 is 7.41. The van der Waals surface area contributed by atoms with E-state index in [1.807, 2.05) is 43.3 Å². The third-order valence-corrected chi connectivity index (χ3v) is 5.33. The number of hydrogen-bond donors (Lipinski definition) is 1. The van der Waals surface area contributed by atoms with E-state index in [2.05, 4.69) is 21.4 Å². The van der Waals surface area contributed by atoms with Crippen molar-refractivity contribution in [1.29, 1.82) is 0 Å². The van der Waals surface area contributed by atoms with Gasteiger partial charge in [0.15, 0.2) is 0 Å². The van der Waals surface area contributed by atoms with E-state index in [1.165, 1.54) is 6.20 Å². The Bertz CT molecular complexity index is 1070. The maximum atomic E-state index is 12.5. The summed E-state index contributed by atoms with van der Waals surface area (Å²) in [4.78, 5) is 21.1. The standard InChI is InChI=1S/C20H14ClN3OS/c1-12-6-7-13(20-24-15-4-2-3-5-17(15)26-20)10-16(12)23-19(25)14-8-9-18(21)22-11-14/h2-11H,1H3,(H,23,25). The van der Waals surface area contributed by atoms with Gasteiger partial charge in [-0.2, -0.15) is 0 Å². The number of carbonyl (C=O) groups excluding carboxylic acids is 1. The minimum atomic E-state index is -0.223. The van der Waals surface area contributed by atoms with Crippen molar-refractivity contribution >= 4 is 44.7 Å². The molecule has 1 amide bonds. The highest BCUT2D eigenvalue weighted by molar-refractivity contribution is 7.21. The van der Waals surface area contributed by atoms with Crippen LogP contribution in [0.2, 0.25) is 5.15 Å². The van der Waals surface area contributed by atoms with Crippen LogP contribution in [0.1, 0.15) is 15.9 Å². The summed E-state index contributed by atoms with van der Waals surface area (Å²) in [6.07, 6.45) is 1.46. The molecule has 128 valence electrons. The van der Waals surface area contributed by atoms with E-state index in [-0.39, 0.29) is 5.91 Å². The largest absolute Gasteiger partial charge is 0.322 e. The fourth-order valence-corrected chi connectivity index (χ4v) is 3.66. The number of nitrogens with zero attached hydrogens (tertiary/aromatic N) is 2. The van der Waals surface area contributed by atoms with Gasteiger partial charge in [0, 0.05) is 17.4 Å². The predicted octanol–water partition coefficient (Wildman–Crippen LogP) is 5.57. The summed E-state index contributed by atoms with van der Waals surface area (Å²) in [7, 11) is 0. The van der Waals surface area contributed by atoms with Gasteiger partial charge in [-0.15, -0.1) is 11.3 Å². The van der Waals surface area contributed by atoms with Crippen molar-refractivity contribution in [2.45, 2.75) is 6.92 Å².